The Balaban J connectivity index is 1.90. The fourth-order valence-electron chi connectivity index (χ4n) is 3.63. The van der Waals surface area contributed by atoms with Crippen LogP contribution in [-0.2, 0) is 10.0 Å². The molecule has 2 fully saturated rings. The predicted molar refractivity (Wildman–Crippen MR) is 95.8 cm³/mol. The van der Waals surface area contributed by atoms with Crippen molar-refractivity contribution in [2.45, 2.75) is 39.5 Å². The number of hydrogen-bond acceptors (Lipinski definition) is 3. The molecule has 2 heterocycles. The molecule has 1 aromatic rings. The summed E-state index contributed by atoms with van der Waals surface area (Å²) in [6.07, 6.45) is 3.77. The van der Waals surface area contributed by atoms with Gasteiger partial charge in [-0.15, -0.1) is 0 Å². The number of aryl methyl sites for hydroxylation is 1. The maximum absolute atomic E-state index is 12.8. The van der Waals surface area contributed by atoms with Crippen LogP contribution in [0.3, 0.4) is 0 Å². The summed E-state index contributed by atoms with van der Waals surface area (Å²) in [6, 6.07) is 5.44. The first-order valence-electron chi connectivity index (χ1n) is 8.79. The van der Waals surface area contributed by atoms with E-state index in [2.05, 4.69) is 6.92 Å². The van der Waals surface area contributed by atoms with Crippen molar-refractivity contribution >= 4 is 21.6 Å². The van der Waals surface area contributed by atoms with Crippen LogP contribution in [-0.4, -0.2) is 44.6 Å². The van der Waals surface area contributed by atoms with Crippen LogP contribution in [0.2, 0.25) is 0 Å². The average Bonchev–Trinajstić information content (AvgIpc) is 2.55. The van der Waals surface area contributed by atoms with Gasteiger partial charge in [-0.05, 0) is 56.2 Å². The van der Waals surface area contributed by atoms with Crippen LogP contribution < -0.4 is 4.31 Å². The minimum absolute atomic E-state index is 0.0113. The van der Waals surface area contributed by atoms with Crippen LogP contribution >= 0.6 is 0 Å². The standard InChI is InChI=1S/C18H26N2O3S/c1-14-6-5-9-19(13-14)18(21)16-8-7-15(2)17(12-16)20-10-3-4-11-24(20,22)23/h7-8,12,14H,3-6,9-11,13H2,1-2H3/t14-/m0/s1. The first-order valence-corrected chi connectivity index (χ1v) is 10.4. The van der Waals surface area contributed by atoms with Crippen LogP contribution in [0.25, 0.3) is 0 Å². The van der Waals surface area contributed by atoms with Gasteiger partial charge < -0.3 is 4.90 Å². The van der Waals surface area contributed by atoms with Gasteiger partial charge in [-0.1, -0.05) is 13.0 Å². The molecule has 5 nitrogen and oxygen atoms in total. The van der Waals surface area contributed by atoms with E-state index < -0.39 is 10.0 Å². The van der Waals surface area contributed by atoms with Gasteiger partial charge in [0.25, 0.3) is 5.91 Å². The van der Waals surface area contributed by atoms with E-state index in [1.807, 2.05) is 24.0 Å². The van der Waals surface area contributed by atoms with E-state index in [4.69, 9.17) is 0 Å². The summed E-state index contributed by atoms with van der Waals surface area (Å²) < 4.78 is 26.3. The first kappa shape index (κ1) is 17.3. The van der Waals surface area contributed by atoms with Crippen LogP contribution in [0, 0.1) is 12.8 Å². The molecule has 0 radical (unpaired) electrons. The number of anilines is 1. The van der Waals surface area contributed by atoms with Crippen LogP contribution in [0.1, 0.15) is 48.5 Å². The Kier molecular flexibility index (Phi) is 4.85. The third-order valence-electron chi connectivity index (χ3n) is 5.02. The largest absolute Gasteiger partial charge is 0.338 e. The number of sulfonamides is 1. The van der Waals surface area contributed by atoms with Gasteiger partial charge in [0.2, 0.25) is 10.0 Å². The highest BCUT2D eigenvalue weighted by Crippen LogP contribution is 2.29. The molecular weight excluding hydrogens is 324 g/mol. The molecule has 24 heavy (non-hydrogen) atoms. The Hall–Kier alpha value is -1.56. The second-order valence-corrected chi connectivity index (χ2v) is 9.11. The van der Waals surface area contributed by atoms with Gasteiger partial charge in [0.1, 0.15) is 0 Å². The lowest BCUT2D eigenvalue weighted by atomic mass is 9.99. The van der Waals surface area contributed by atoms with Gasteiger partial charge in [-0.2, -0.15) is 0 Å². The molecule has 1 amide bonds. The number of piperidine rings is 1. The number of hydrogen-bond donors (Lipinski definition) is 0. The minimum Gasteiger partial charge on any atom is -0.338 e. The number of carbonyl (C=O) groups excluding carboxylic acids is 1. The van der Waals surface area contributed by atoms with E-state index in [1.54, 1.807) is 6.07 Å². The number of benzene rings is 1. The van der Waals surface area contributed by atoms with E-state index in [0.717, 1.165) is 37.9 Å². The third-order valence-corrected chi connectivity index (χ3v) is 6.87. The Morgan fingerprint density at radius 3 is 2.67 bits per heavy atom. The van der Waals surface area contributed by atoms with Crippen molar-refractivity contribution in [3.8, 4) is 0 Å². The van der Waals surface area contributed by atoms with Gasteiger partial charge in [0.05, 0.1) is 11.4 Å². The van der Waals surface area contributed by atoms with Gasteiger partial charge in [-0.25, -0.2) is 8.42 Å². The Labute approximate surface area is 144 Å². The SMILES string of the molecule is Cc1ccc(C(=O)N2CCC[C@H](C)C2)cc1N1CCCCS1(=O)=O. The van der Waals surface area contributed by atoms with E-state index in [0.29, 0.717) is 30.1 Å². The molecule has 132 valence electrons. The zero-order chi connectivity index (χ0) is 17.3. The summed E-state index contributed by atoms with van der Waals surface area (Å²) in [7, 11) is -3.27. The van der Waals surface area contributed by atoms with Crippen molar-refractivity contribution in [2.24, 2.45) is 5.92 Å². The monoisotopic (exact) mass is 350 g/mol. The summed E-state index contributed by atoms with van der Waals surface area (Å²) >= 11 is 0. The molecule has 3 rings (SSSR count). The van der Waals surface area contributed by atoms with E-state index in [1.165, 1.54) is 4.31 Å². The highest BCUT2D eigenvalue weighted by atomic mass is 32.2. The maximum Gasteiger partial charge on any atom is 0.253 e. The zero-order valence-corrected chi connectivity index (χ0v) is 15.3. The second kappa shape index (κ2) is 6.75. The van der Waals surface area contributed by atoms with Crippen molar-refractivity contribution in [1.29, 1.82) is 0 Å². The lowest BCUT2D eigenvalue weighted by Crippen LogP contribution is -2.40. The summed E-state index contributed by atoms with van der Waals surface area (Å²) in [5.41, 5.74) is 2.14. The number of nitrogens with zero attached hydrogens (tertiary/aromatic N) is 2. The number of amides is 1. The summed E-state index contributed by atoms with van der Waals surface area (Å²) in [4.78, 5) is 14.7. The van der Waals surface area contributed by atoms with Gasteiger partial charge in [-0.3, -0.25) is 9.10 Å². The molecule has 0 unspecified atom stereocenters. The molecule has 0 aliphatic carbocycles. The van der Waals surface area contributed by atoms with Gasteiger partial charge >= 0.3 is 0 Å². The molecular formula is C18H26N2O3S. The molecule has 0 bridgehead atoms. The molecule has 0 spiro atoms. The van der Waals surface area contributed by atoms with Crippen LogP contribution in [0.15, 0.2) is 18.2 Å². The molecule has 2 aliphatic rings. The van der Waals surface area contributed by atoms with Gasteiger partial charge in [0, 0.05) is 25.2 Å². The zero-order valence-electron chi connectivity index (χ0n) is 14.5. The van der Waals surface area contributed by atoms with Crippen molar-refractivity contribution in [2.75, 3.05) is 29.7 Å². The predicted octanol–water partition coefficient (Wildman–Crippen LogP) is 2.80. The normalized spacial score (nSPS) is 24.0. The smallest absolute Gasteiger partial charge is 0.253 e. The fraction of sp³-hybridized carbons (Fsp3) is 0.611. The van der Waals surface area contributed by atoms with Crippen molar-refractivity contribution in [3.05, 3.63) is 29.3 Å². The Bertz CT molecular complexity index is 730. The summed E-state index contributed by atoms with van der Waals surface area (Å²) in [5.74, 6) is 0.723. The average molecular weight is 350 g/mol. The van der Waals surface area contributed by atoms with Crippen molar-refractivity contribution < 1.29 is 13.2 Å². The number of rotatable bonds is 2. The Morgan fingerprint density at radius 1 is 1.17 bits per heavy atom. The molecule has 2 saturated heterocycles. The molecule has 0 aromatic heterocycles. The van der Waals surface area contributed by atoms with Crippen LogP contribution in [0.5, 0.6) is 0 Å². The lowest BCUT2D eigenvalue weighted by molar-refractivity contribution is 0.0683. The second-order valence-electron chi connectivity index (χ2n) is 7.10. The summed E-state index contributed by atoms with van der Waals surface area (Å²) in [5, 5.41) is 0. The molecule has 2 aliphatic heterocycles. The molecule has 0 saturated carbocycles. The lowest BCUT2D eigenvalue weighted by Gasteiger charge is -2.32. The number of carbonyl (C=O) groups is 1. The molecule has 1 aromatic carbocycles. The van der Waals surface area contributed by atoms with Crippen molar-refractivity contribution in [3.63, 3.8) is 0 Å². The molecule has 6 heteroatoms. The maximum atomic E-state index is 12.8. The minimum atomic E-state index is -3.27. The van der Waals surface area contributed by atoms with E-state index in [9.17, 15) is 13.2 Å². The topological polar surface area (TPSA) is 57.7 Å². The third kappa shape index (κ3) is 3.43. The van der Waals surface area contributed by atoms with Gasteiger partial charge in [0.15, 0.2) is 0 Å². The number of likely N-dealkylation sites (tertiary alicyclic amines) is 1. The fourth-order valence-corrected chi connectivity index (χ4v) is 5.32. The van der Waals surface area contributed by atoms with E-state index >= 15 is 0 Å². The molecule has 0 N–H and O–H groups in total. The van der Waals surface area contributed by atoms with Crippen molar-refractivity contribution in [1.82, 2.24) is 4.90 Å². The Morgan fingerprint density at radius 2 is 1.96 bits per heavy atom. The van der Waals surface area contributed by atoms with Crippen LogP contribution in [0.4, 0.5) is 5.69 Å². The summed E-state index contributed by atoms with van der Waals surface area (Å²) in [6.45, 7) is 6.14. The highest BCUT2D eigenvalue weighted by Gasteiger charge is 2.28. The van der Waals surface area contributed by atoms with E-state index in [-0.39, 0.29) is 11.7 Å². The quantitative estimate of drug-likeness (QED) is 0.824. The first-order chi connectivity index (χ1) is 11.4. The molecule has 1 atom stereocenters. The highest BCUT2D eigenvalue weighted by molar-refractivity contribution is 7.92.